The quantitative estimate of drug-likeness (QED) is 0.772. The molecule has 0 aliphatic carbocycles. The average molecular weight is 217 g/mol. The molecule has 4 nitrogen and oxygen atoms in total. The Balaban J connectivity index is 2.76. The summed E-state index contributed by atoms with van der Waals surface area (Å²) in [7, 11) is 0. The summed E-state index contributed by atoms with van der Waals surface area (Å²) < 4.78 is 5.29. The third-order valence-corrected chi connectivity index (χ3v) is 1.77. The molecule has 0 spiro atoms. The predicted octanol–water partition coefficient (Wildman–Crippen LogP) is 1.16. The van der Waals surface area contributed by atoms with Gasteiger partial charge in [0.15, 0.2) is 6.61 Å². The van der Waals surface area contributed by atoms with Crippen LogP contribution in [0.4, 0.5) is 0 Å². The number of allylic oxidation sites excluding steroid dienone is 1. The highest BCUT2D eigenvalue weighted by molar-refractivity contribution is 5.57. The third-order valence-electron chi connectivity index (χ3n) is 1.77. The van der Waals surface area contributed by atoms with Crippen molar-refractivity contribution in [3.05, 3.63) is 24.0 Å². The zero-order chi connectivity index (χ0) is 12.0. The van der Waals surface area contributed by atoms with Gasteiger partial charge in [-0.1, -0.05) is 18.4 Å². The summed E-state index contributed by atoms with van der Waals surface area (Å²) in [5.74, 6) is 5.45. The summed E-state index contributed by atoms with van der Waals surface area (Å²) in [6, 6.07) is 2.19. The molecule has 1 heterocycles. The molecule has 0 fully saturated rings. The van der Waals surface area contributed by atoms with E-state index in [1.165, 1.54) is 0 Å². The molecular weight excluding hydrogens is 202 g/mol. The Morgan fingerprint density at radius 1 is 1.50 bits per heavy atom. The van der Waals surface area contributed by atoms with Crippen molar-refractivity contribution in [2.45, 2.75) is 13.8 Å². The molecule has 1 aromatic heterocycles. The lowest BCUT2D eigenvalue weighted by molar-refractivity contribution is 0.338. The van der Waals surface area contributed by atoms with Crippen LogP contribution in [-0.4, -0.2) is 23.1 Å². The van der Waals surface area contributed by atoms with Crippen LogP contribution in [0.2, 0.25) is 0 Å². The Morgan fingerprint density at radius 2 is 2.25 bits per heavy atom. The van der Waals surface area contributed by atoms with Crippen molar-refractivity contribution in [2.24, 2.45) is 5.73 Å². The smallest absolute Gasteiger partial charge is 0.318 e. The molecule has 1 rings (SSSR count). The van der Waals surface area contributed by atoms with Crippen LogP contribution in [0.5, 0.6) is 6.01 Å². The van der Waals surface area contributed by atoms with Crippen LogP contribution in [0.3, 0.4) is 0 Å². The van der Waals surface area contributed by atoms with Crippen LogP contribution < -0.4 is 10.5 Å². The number of aromatic nitrogens is 2. The van der Waals surface area contributed by atoms with Gasteiger partial charge in [-0.15, -0.1) is 0 Å². The number of ether oxygens (including phenoxy) is 1. The van der Waals surface area contributed by atoms with E-state index in [0.29, 0.717) is 12.6 Å². The highest BCUT2D eigenvalue weighted by Gasteiger charge is 2.02. The summed E-state index contributed by atoms with van der Waals surface area (Å²) in [5, 5.41) is 0. The minimum absolute atomic E-state index is 0.246. The van der Waals surface area contributed by atoms with Crippen LogP contribution >= 0.6 is 0 Å². The first-order valence-electron chi connectivity index (χ1n) is 4.93. The topological polar surface area (TPSA) is 61.0 Å². The Kier molecular flexibility index (Phi) is 4.49. The van der Waals surface area contributed by atoms with Crippen LogP contribution in [0.1, 0.15) is 18.3 Å². The molecule has 16 heavy (non-hydrogen) atoms. The zero-order valence-corrected chi connectivity index (χ0v) is 9.58. The number of hydrogen-bond donors (Lipinski definition) is 1. The van der Waals surface area contributed by atoms with E-state index >= 15 is 0 Å². The molecule has 1 aromatic rings. The second kappa shape index (κ2) is 5.89. The van der Waals surface area contributed by atoms with Gasteiger partial charge < -0.3 is 10.5 Å². The lowest BCUT2D eigenvalue weighted by atomic mass is 10.2. The van der Waals surface area contributed by atoms with Crippen molar-refractivity contribution >= 4 is 5.57 Å². The summed E-state index contributed by atoms with van der Waals surface area (Å²) in [6.45, 7) is 8.17. The van der Waals surface area contributed by atoms with E-state index < -0.39 is 0 Å². The van der Waals surface area contributed by atoms with Gasteiger partial charge in [0.1, 0.15) is 0 Å². The van der Waals surface area contributed by atoms with E-state index in [2.05, 4.69) is 28.4 Å². The van der Waals surface area contributed by atoms with E-state index in [-0.39, 0.29) is 6.61 Å². The standard InChI is InChI=1S/C12H15N3O/c1-9(2)11-8-10(3)14-12(15-11)16-7-5-4-6-13/h8H,1,6-7,13H2,2-3H3. The molecule has 4 heteroatoms. The van der Waals surface area contributed by atoms with Gasteiger partial charge in [-0.25, -0.2) is 4.98 Å². The molecule has 0 saturated carbocycles. The molecule has 0 unspecified atom stereocenters. The number of rotatable bonds is 3. The van der Waals surface area contributed by atoms with Gasteiger partial charge in [0.25, 0.3) is 0 Å². The maximum absolute atomic E-state index is 5.29. The van der Waals surface area contributed by atoms with Crippen LogP contribution in [-0.2, 0) is 0 Å². The van der Waals surface area contributed by atoms with Crippen molar-refractivity contribution in [3.8, 4) is 17.9 Å². The fourth-order valence-corrected chi connectivity index (χ4v) is 1.05. The number of nitrogens with zero attached hydrogens (tertiary/aromatic N) is 2. The largest absolute Gasteiger partial charge is 0.450 e. The molecule has 0 amide bonds. The Bertz CT molecular complexity index is 443. The fraction of sp³-hybridized carbons (Fsp3) is 0.333. The first kappa shape index (κ1) is 12.2. The van der Waals surface area contributed by atoms with Gasteiger partial charge >= 0.3 is 6.01 Å². The number of nitrogens with two attached hydrogens (primary N) is 1. The minimum atomic E-state index is 0.246. The SMILES string of the molecule is C=C(C)c1cc(C)nc(OCC#CCN)n1. The second-order valence-electron chi connectivity index (χ2n) is 3.30. The Hall–Kier alpha value is -1.86. The molecule has 0 aliphatic rings. The molecule has 0 saturated heterocycles. The lowest BCUT2D eigenvalue weighted by Crippen LogP contribution is -2.03. The lowest BCUT2D eigenvalue weighted by Gasteiger charge is -2.04. The first-order valence-corrected chi connectivity index (χ1v) is 4.93. The third kappa shape index (κ3) is 3.71. The summed E-state index contributed by atoms with van der Waals surface area (Å²) in [5.41, 5.74) is 7.73. The molecule has 2 N–H and O–H groups in total. The van der Waals surface area contributed by atoms with Crippen molar-refractivity contribution in [2.75, 3.05) is 13.2 Å². The monoisotopic (exact) mass is 217 g/mol. The van der Waals surface area contributed by atoms with Crippen LogP contribution in [0, 0.1) is 18.8 Å². The minimum Gasteiger partial charge on any atom is -0.450 e. The van der Waals surface area contributed by atoms with Gasteiger partial charge in [0.05, 0.1) is 12.2 Å². The van der Waals surface area contributed by atoms with Crippen molar-refractivity contribution < 1.29 is 4.74 Å². The van der Waals surface area contributed by atoms with E-state index in [9.17, 15) is 0 Å². The van der Waals surface area contributed by atoms with E-state index in [1.54, 1.807) is 0 Å². The molecule has 0 aliphatic heterocycles. The van der Waals surface area contributed by atoms with Gasteiger partial charge in [0.2, 0.25) is 0 Å². The highest BCUT2D eigenvalue weighted by Crippen LogP contribution is 2.13. The van der Waals surface area contributed by atoms with Crippen molar-refractivity contribution in [3.63, 3.8) is 0 Å². The summed E-state index contributed by atoms with van der Waals surface area (Å²) in [4.78, 5) is 8.34. The number of hydrogen-bond acceptors (Lipinski definition) is 4. The number of aryl methyl sites for hydroxylation is 1. The van der Waals surface area contributed by atoms with Gasteiger partial charge in [-0.3, -0.25) is 0 Å². The van der Waals surface area contributed by atoms with Gasteiger partial charge in [-0.05, 0) is 25.5 Å². The zero-order valence-electron chi connectivity index (χ0n) is 9.58. The van der Waals surface area contributed by atoms with E-state index in [4.69, 9.17) is 10.5 Å². The van der Waals surface area contributed by atoms with Crippen LogP contribution in [0.15, 0.2) is 12.6 Å². The molecule has 84 valence electrons. The van der Waals surface area contributed by atoms with Crippen molar-refractivity contribution in [1.29, 1.82) is 0 Å². The molecule has 0 radical (unpaired) electrons. The fourth-order valence-electron chi connectivity index (χ4n) is 1.05. The van der Waals surface area contributed by atoms with Gasteiger partial charge in [-0.2, -0.15) is 4.98 Å². The average Bonchev–Trinajstić information content (AvgIpc) is 2.23. The van der Waals surface area contributed by atoms with Crippen molar-refractivity contribution in [1.82, 2.24) is 9.97 Å². The van der Waals surface area contributed by atoms with Crippen LogP contribution in [0.25, 0.3) is 5.57 Å². The molecule has 0 aromatic carbocycles. The molecule has 0 bridgehead atoms. The van der Waals surface area contributed by atoms with E-state index in [0.717, 1.165) is 17.0 Å². The first-order chi connectivity index (χ1) is 7.63. The normalized spacial score (nSPS) is 9.19. The highest BCUT2D eigenvalue weighted by atomic mass is 16.5. The van der Waals surface area contributed by atoms with Gasteiger partial charge in [0, 0.05) is 5.69 Å². The second-order valence-corrected chi connectivity index (χ2v) is 3.30. The maximum atomic E-state index is 5.29. The Labute approximate surface area is 95.6 Å². The maximum Gasteiger partial charge on any atom is 0.318 e. The Morgan fingerprint density at radius 3 is 2.88 bits per heavy atom. The summed E-state index contributed by atoms with van der Waals surface area (Å²) in [6.07, 6.45) is 0. The van der Waals surface area contributed by atoms with E-state index in [1.807, 2.05) is 19.9 Å². The molecule has 0 atom stereocenters. The molecular formula is C12H15N3O. The predicted molar refractivity (Wildman–Crippen MR) is 63.8 cm³/mol. The summed E-state index contributed by atoms with van der Waals surface area (Å²) >= 11 is 0.